The molecule has 3 rings (SSSR count). The van der Waals surface area contributed by atoms with Crippen LogP contribution in [0.25, 0.3) is 0 Å². The van der Waals surface area contributed by atoms with Crippen molar-refractivity contribution in [2.75, 3.05) is 38.1 Å². The Bertz CT molecular complexity index is 847. The number of hydrogen-bond donors (Lipinski definition) is 1. The Morgan fingerprint density at radius 3 is 2.45 bits per heavy atom. The smallest absolute Gasteiger partial charge is 0.321 e. The van der Waals surface area contributed by atoms with Crippen LogP contribution in [0.15, 0.2) is 48.5 Å². The van der Waals surface area contributed by atoms with E-state index in [1.165, 1.54) is 12.1 Å². The van der Waals surface area contributed by atoms with Crippen LogP contribution in [0.3, 0.4) is 0 Å². The molecule has 2 aromatic carbocycles. The van der Waals surface area contributed by atoms with Crippen molar-refractivity contribution in [1.82, 2.24) is 9.80 Å². The van der Waals surface area contributed by atoms with Crippen molar-refractivity contribution < 1.29 is 18.7 Å². The van der Waals surface area contributed by atoms with E-state index in [2.05, 4.69) is 5.32 Å². The van der Waals surface area contributed by atoms with Gasteiger partial charge in [0.25, 0.3) is 0 Å². The molecule has 0 atom stereocenters. The summed E-state index contributed by atoms with van der Waals surface area (Å²) >= 11 is 5.85. The first-order valence-electron chi connectivity index (χ1n) is 9.49. The summed E-state index contributed by atoms with van der Waals surface area (Å²) in [4.78, 5) is 28.3. The van der Waals surface area contributed by atoms with E-state index < -0.39 is 5.82 Å². The lowest BCUT2D eigenvalue weighted by molar-refractivity contribution is -0.131. The number of carbonyl (C=O) groups excluding carboxylic acids is 2. The molecular weight excluding hydrogens is 397 g/mol. The number of benzene rings is 2. The Kier molecular flexibility index (Phi) is 7.30. The number of nitrogens with zero attached hydrogens (tertiary/aromatic N) is 2. The molecule has 1 aliphatic heterocycles. The number of hydrogen-bond acceptors (Lipinski definition) is 3. The maximum Gasteiger partial charge on any atom is 0.321 e. The molecule has 0 unspecified atom stereocenters. The highest BCUT2D eigenvalue weighted by molar-refractivity contribution is 6.30. The number of anilines is 1. The molecule has 8 heteroatoms. The SMILES string of the molecule is O=C(CCOc1ccccc1F)N1CCCN(C(=O)Nc2ccc(Cl)cc2)CC1. The summed E-state index contributed by atoms with van der Waals surface area (Å²) in [5, 5.41) is 3.44. The molecule has 0 radical (unpaired) electrons. The Morgan fingerprint density at radius 2 is 1.69 bits per heavy atom. The van der Waals surface area contributed by atoms with Crippen molar-refractivity contribution in [2.45, 2.75) is 12.8 Å². The normalized spacial score (nSPS) is 14.3. The highest BCUT2D eigenvalue weighted by Gasteiger charge is 2.22. The van der Waals surface area contributed by atoms with Crippen LogP contribution >= 0.6 is 11.6 Å². The fourth-order valence-electron chi connectivity index (χ4n) is 3.07. The third-order valence-electron chi connectivity index (χ3n) is 4.64. The predicted octanol–water partition coefficient (Wildman–Crippen LogP) is 4.01. The standard InChI is InChI=1S/C21H23ClFN3O3/c22-16-6-8-17(9-7-16)24-21(28)26-12-3-11-25(13-14-26)20(27)10-15-29-19-5-2-1-4-18(19)23/h1-2,4-9H,3,10-15H2,(H,24,28). The van der Waals surface area contributed by atoms with Crippen molar-refractivity contribution in [3.05, 3.63) is 59.4 Å². The first-order valence-corrected chi connectivity index (χ1v) is 9.87. The van der Waals surface area contributed by atoms with Crippen LogP contribution in [-0.4, -0.2) is 54.5 Å². The van der Waals surface area contributed by atoms with E-state index in [0.717, 1.165) is 0 Å². The van der Waals surface area contributed by atoms with Gasteiger partial charge in [-0.05, 0) is 42.8 Å². The summed E-state index contributed by atoms with van der Waals surface area (Å²) in [6.45, 7) is 2.14. The van der Waals surface area contributed by atoms with Gasteiger partial charge in [0.05, 0.1) is 13.0 Å². The summed E-state index contributed by atoms with van der Waals surface area (Å²) < 4.78 is 18.9. The minimum atomic E-state index is -0.447. The van der Waals surface area contributed by atoms with Crippen LogP contribution in [0.5, 0.6) is 5.75 Å². The van der Waals surface area contributed by atoms with Gasteiger partial charge in [0.15, 0.2) is 11.6 Å². The summed E-state index contributed by atoms with van der Waals surface area (Å²) in [5.74, 6) is -0.375. The number of nitrogens with one attached hydrogen (secondary N) is 1. The van der Waals surface area contributed by atoms with E-state index in [1.54, 1.807) is 46.2 Å². The van der Waals surface area contributed by atoms with E-state index >= 15 is 0 Å². The van der Waals surface area contributed by atoms with Crippen LogP contribution in [0, 0.1) is 5.82 Å². The number of carbonyl (C=O) groups is 2. The van der Waals surface area contributed by atoms with E-state index in [9.17, 15) is 14.0 Å². The predicted molar refractivity (Wildman–Crippen MR) is 110 cm³/mol. The molecule has 0 saturated carbocycles. The summed E-state index contributed by atoms with van der Waals surface area (Å²) in [6.07, 6.45) is 0.846. The van der Waals surface area contributed by atoms with Gasteiger partial charge in [0.2, 0.25) is 5.91 Å². The second-order valence-corrected chi connectivity index (χ2v) is 7.12. The molecule has 1 N–H and O–H groups in total. The molecular formula is C21H23ClFN3O3. The number of halogens is 2. The zero-order valence-electron chi connectivity index (χ0n) is 15.9. The number of para-hydroxylation sites is 1. The van der Waals surface area contributed by atoms with E-state index in [0.29, 0.717) is 43.3 Å². The van der Waals surface area contributed by atoms with Crippen LogP contribution < -0.4 is 10.1 Å². The van der Waals surface area contributed by atoms with Gasteiger partial charge in [-0.15, -0.1) is 0 Å². The Balaban J connectivity index is 1.44. The van der Waals surface area contributed by atoms with Gasteiger partial charge in [0.1, 0.15) is 0 Å². The molecule has 0 aromatic heterocycles. The molecule has 1 heterocycles. The summed E-state index contributed by atoms with van der Waals surface area (Å²) in [7, 11) is 0. The minimum absolute atomic E-state index is 0.0682. The molecule has 1 aliphatic rings. The monoisotopic (exact) mass is 419 g/mol. The largest absolute Gasteiger partial charge is 0.490 e. The van der Waals surface area contributed by atoms with Crippen LogP contribution in [-0.2, 0) is 4.79 Å². The van der Waals surface area contributed by atoms with E-state index in [4.69, 9.17) is 16.3 Å². The van der Waals surface area contributed by atoms with E-state index in [1.807, 2.05) is 0 Å². The lowest BCUT2D eigenvalue weighted by atomic mass is 10.3. The van der Waals surface area contributed by atoms with Crippen LogP contribution in [0.2, 0.25) is 5.02 Å². The van der Waals surface area contributed by atoms with Gasteiger partial charge in [-0.2, -0.15) is 0 Å². The van der Waals surface area contributed by atoms with Gasteiger partial charge in [0, 0.05) is 36.9 Å². The second kappa shape index (κ2) is 10.1. The van der Waals surface area contributed by atoms with Gasteiger partial charge >= 0.3 is 6.03 Å². The Morgan fingerprint density at radius 1 is 1.00 bits per heavy atom. The number of urea groups is 1. The second-order valence-electron chi connectivity index (χ2n) is 6.69. The fourth-order valence-corrected chi connectivity index (χ4v) is 3.20. The molecule has 3 amide bonds. The summed E-state index contributed by atoms with van der Waals surface area (Å²) in [6, 6.07) is 12.8. The average molecular weight is 420 g/mol. The van der Waals surface area contributed by atoms with Crippen molar-refractivity contribution >= 4 is 29.2 Å². The van der Waals surface area contributed by atoms with Crippen molar-refractivity contribution in [3.8, 4) is 5.75 Å². The highest BCUT2D eigenvalue weighted by Crippen LogP contribution is 2.16. The topological polar surface area (TPSA) is 61.9 Å². The quantitative estimate of drug-likeness (QED) is 0.796. The Labute approximate surface area is 174 Å². The molecule has 1 saturated heterocycles. The molecule has 0 spiro atoms. The van der Waals surface area contributed by atoms with Gasteiger partial charge in [-0.25, -0.2) is 9.18 Å². The maximum absolute atomic E-state index is 13.5. The van der Waals surface area contributed by atoms with Crippen molar-refractivity contribution in [2.24, 2.45) is 0 Å². The third-order valence-corrected chi connectivity index (χ3v) is 4.89. The average Bonchev–Trinajstić information content (AvgIpc) is 2.97. The van der Waals surface area contributed by atoms with Gasteiger partial charge in [-0.3, -0.25) is 4.79 Å². The summed E-state index contributed by atoms with van der Waals surface area (Å²) in [5.41, 5.74) is 0.668. The highest BCUT2D eigenvalue weighted by atomic mass is 35.5. The lowest BCUT2D eigenvalue weighted by Gasteiger charge is -2.22. The van der Waals surface area contributed by atoms with Crippen LogP contribution in [0.1, 0.15) is 12.8 Å². The molecule has 154 valence electrons. The molecule has 6 nitrogen and oxygen atoms in total. The zero-order valence-corrected chi connectivity index (χ0v) is 16.7. The van der Waals surface area contributed by atoms with Crippen molar-refractivity contribution in [3.63, 3.8) is 0 Å². The van der Waals surface area contributed by atoms with Gasteiger partial charge < -0.3 is 19.9 Å². The molecule has 1 fully saturated rings. The molecule has 2 aromatic rings. The van der Waals surface area contributed by atoms with Gasteiger partial charge in [-0.1, -0.05) is 23.7 Å². The first kappa shape index (κ1) is 20.9. The number of rotatable bonds is 5. The fraction of sp³-hybridized carbons (Fsp3) is 0.333. The minimum Gasteiger partial charge on any atom is -0.490 e. The lowest BCUT2D eigenvalue weighted by Crippen LogP contribution is -2.39. The molecule has 29 heavy (non-hydrogen) atoms. The molecule has 0 bridgehead atoms. The zero-order chi connectivity index (χ0) is 20.6. The van der Waals surface area contributed by atoms with Crippen LogP contribution in [0.4, 0.5) is 14.9 Å². The maximum atomic E-state index is 13.5. The molecule has 0 aliphatic carbocycles. The van der Waals surface area contributed by atoms with E-state index in [-0.39, 0.29) is 30.7 Å². The number of ether oxygens (including phenoxy) is 1. The number of amides is 3. The first-order chi connectivity index (χ1) is 14.0. The van der Waals surface area contributed by atoms with Crippen molar-refractivity contribution in [1.29, 1.82) is 0 Å². The third kappa shape index (κ3) is 6.09. The Hall–Kier alpha value is -2.80.